The third-order valence-corrected chi connectivity index (χ3v) is 4.04. The average Bonchev–Trinajstić information content (AvgIpc) is 2.98. The predicted octanol–water partition coefficient (Wildman–Crippen LogP) is 2.76. The van der Waals surface area contributed by atoms with Gasteiger partial charge in [0.05, 0.1) is 12.7 Å². The zero-order valence-corrected chi connectivity index (χ0v) is 16.4. The first-order chi connectivity index (χ1) is 11.2. The lowest BCUT2D eigenvalue weighted by molar-refractivity contribution is 0.268. The van der Waals surface area contributed by atoms with Gasteiger partial charge >= 0.3 is 0 Å². The van der Waals surface area contributed by atoms with Gasteiger partial charge in [0.1, 0.15) is 5.76 Å². The van der Waals surface area contributed by atoms with Crippen LogP contribution in [0, 0.1) is 0 Å². The molecule has 0 atom stereocenters. The molecule has 0 aliphatic heterocycles. The quantitative estimate of drug-likeness (QED) is 0.434. The molecule has 0 spiro atoms. The second kappa shape index (κ2) is 9.67. The zero-order chi connectivity index (χ0) is 18.2. The normalized spacial score (nSPS) is 13.0. The van der Waals surface area contributed by atoms with E-state index in [0.717, 1.165) is 31.2 Å². The summed E-state index contributed by atoms with van der Waals surface area (Å²) >= 11 is 0. The van der Waals surface area contributed by atoms with Gasteiger partial charge in [-0.25, -0.2) is 4.98 Å². The highest BCUT2D eigenvalue weighted by Crippen LogP contribution is 2.22. The maximum absolute atomic E-state index is 5.77. The molecule has 0 unspecified atom stereocenters. The third-order valence-electron chi connectivity index (χ3n) is 4.04. The van der Waals surface area contributed by atoms with Crippen molar-refractivity contribution in [1.82, 2.24) is 20.5 Å². The first-order valence-electron chi connectivity index (χ1n) is 8.84. The summed E-state index contributed by atoms with van der Waals surface area (Å²) in [6.07, 6.45) is 4.09. The van der Waals surface area contributed by atoms with Crippen molar-refractivity contribution in [3.63, 3.8) is 0 Å². The zero-order valence-electron chi connectivity index (χ0n) is 16.4. The molecular formula is C18H35N5O. The van der Waals surface area contributed by atoms with E-state index < -0.39 is 0 Å². The van der Waals surface area contributed by atoms with E-state index in [0.29, 0.717) is 18.5 Å². The van der Waals surface area contributed by atoms with E-state index in [1.54, 1.807) is 13.2 Å². The van der Waals surface area contributed by atoms with Crippen molar-refractivity contribution >= 4 is 5.96 Å². The molecule has 1 rings (SSSR count). The van der Waals surface area contributed by atoms with Crippen LogP contribution < -0.4 is 10.6 Å². The van der Waals surface area contributed by atoms with Crippen molar-refractivity contribution in [3.05, 3.63) is 17.8 Å². The Morgan fingerprint density at radius 1 is 1.29 bits per heavy atom. The van der Waals surface area contributed by atoms with E-state index >= 15 is 0 Å². The molecule has 0 amide bonds. The van der Waals surface area contributed by atoms with Crippen molar-refractivity contribution in [2.45, 2.75) is 65.5 Å². The molecule has 6 heteroatoms. The van der Waals surface area contributed by atoms with Gasteiger partial charge in [0.25, 0.3) is 0 Å². The molecule has 0 bridgehead atoms. The Morgan fingerprint density at radius 2 is 2.00 bits per heavy atom. The van der Waals surface area contributed by atoms with Gasteiger partial charge in [0.2, 0.25) is 5.89 Å². The van der Waals surface area contributed by atoms with Crippen LogP contribution in [-0.2, 0) is 12.0 Å². The molecule has 1 aromatic heterocycles. The fourth-order valence-electron chi connectivity index (χ4n) is 2.07. The van der Waals surface area contributed by atoms with Crippen LogP contribution in [0.3, 0.4) is 0 Å². The van der Waals surface area contributed by atoms with E-state index in [1.807, 2.05) is 0 Å². The SMILES string of the molecule is CN=C(NCCCCN(C)C(C)C)NCc1ncc(C(C)(C)C)o1. The smallest absolute Gasteiger partial charge is 0.213 e. The molecule has 1 heterocycles. The third kappa shape index (κ3) is 7.34. The van der Waals surface area contributed by atoms with E-state index in [4.69, 9.17) is 4.42 Å². The molecule has 1 aromatic rings. The monoisotopic (exact) mass is 337 g/mol. The Morgan fingerprint density at radius 3 is 2.54 bits per heavy atom. The van der Waals surface area contributed by atoms with Crippen LogP contribution in [0.15, 0.2) is 15.6 Å². The van der Waals surface area contributed by atoms with Crippen LogP contribution in [0.25, 0.3) is 0 Å². The average molecular weight is 338 g/mol. The molecule has 138 valence electrons. The van der Waals surface area contributed by atoms with Gasteiger partial charge in [-0.2, -0.15) is 0 Å². The highest BCUT2D eigenvalue weighted by atomic mass is 16.4. The molecular weight excluding hydrogens is 302 g/mol. The predicted molar refractivity (Wildman–Crippen MR) is 100 cm³/mol. The highest BCUT2D eigenvalue weighted by Gasteiger charge is 2.19. The number of hydrogen-bond donors (Lipinski definition) is 2. The van der Waals surface area contributed by atoms with Gasteiger partial charge in [-0.05, 0) is 40.3 Å². The highest BCUT2D eigenvalue weighted by molar-refractivity contribution is 5.79. The fraction of sp³-hybridized carbons (Fsp3) is 0.778. The lowest BCUT2D eigenvalue weighted by Crippen LogP contribution is -2.37. The van der Waals surface area contributed by atoms with Gasteiger partial charge in [0.15, 0.2) is 5.96 Å². The summed E-state index contributed by atoms with van der Waals surface area (Å²) < 4.78 is 5.77. The van der Waals surface area contributed by atoms with Gasteiger partial charge in [-0.15, -0.1) is 0 Å². The lowest BCUT2D eigenvalue weighted by Gasteiger charge is -2.20. The number of guanidine groups is 1. The van der Waals surface area contributed by atoms with E-state index in [1.165, 1.54) is 6.42 Å². The Balaban J connectivity index is 2.27. The van der Waals surface area contributed by atoms with Crippen molar-refractivity contribution in [2.24, 2.45) is 4.99 Å². The molecule has 6 nitrogen and oxygen atoms in total. The van der Waals surface area contributed by atoms with Crippen LogP contribution in [-0.4, -0.2) is 49.1 Å². The summed E-state index contributed by atoms with van der Waals surface area (Å²) in [6, 6.07) is 0.603. The number of aromatic nitrogens is 1. The molecule has 0 aliphatic rings. The molecule has 24 heavy (non-hydrogen) atoms. The first-order valence-corrected chi connectivity index (χ1v) is 8.84. The van der Waals surface area contributed by atoms with Gasteiger partial charge < -0.3 is 20.0 Å². The number of hydrogen-bond acceptors (Lipinski definition) is 4. The number of nitrogens with zero attached hydrogens (tertiary/aromatic N) is 3. The molecule has 0 saturated heterocycles. The Kier molecular flexibility index (Phi) is 8.25. The molecule has 0 radical (unpaired) electrons. The minimum absolute atomic E-state index is 0.0195. The number of unbranched alkanes of at least 4 members (excludes halogenated alkanes) is 1. The summed E-state index contributed by atoms with van der Waals surface area (Å²) in [7, 11) is 3.94. The molecule has 0 aromatic carbocycles. The number of rotatable bonds is 8. The van der Waals surface area contributed by atoms with Crippen LogP contribution in [0.2, 0.25) is 0 Å². The van der Waals surface area contributed by atoms with Crippen molar-refractivity contribution in [3.8, 4) is 0 Å². The first kappa shape index (κ1) is 20.5. The second-order valence-electron chi connectivity index (χ2n) is 7.50. The maximum Gasteiger partial charge on any atom is 0.213 e. The largest absolute Gasteiger partial charge is 0.443 e. The minimum Gasteiger partial charge on any atom is -0.443 e. The van der Waals surface area contributed by atoms with Crippen molar-refractivity contribution in [2.75, 3.05) is 27.2 Å². The van der Waals surface area contributed by atoms with Gasteiger partial charge in [-0.3, -0.25) is 4.99 Å². The van der Waals surface area contributed by atoms with Crippen LogP contribution in [0.1, 0.15) is 59.1 Å². The standard InChI is InChI=1S/C18H35N5O/c1-14(2)23(7)11-9-8-10-20-17(19-6)22-13-16-21-12-15(24-16)18(3,4)5/h12,14H,8-11,13H2,1-7H3,(H2,19,20,22). The van der Waals surface area contributed by atoms with E-state index in [2.05, 4.69) is 67.2 Å². The summed E-state index contributed by atoms with van der Waals surface area (Å²) in [5.74, 6) is 2.36. The van der Waals surface area contributed by atoms with Crippen molar-refractivity contribution in [1.29, 1.82) is 0 Å². The lowest BCUT2D eigenvalue weighted by atomic mass is 9.94. The maximum atomic E-state index is 5.77. The Bertz CT molecular complexity index is 502. The fourth-order valence-corrected chi connectivity index (χ4v) is 2.07. The molecule has 0 aliphatic carbocycles. The molecule has 0 fully saturated rings. The van der Waals surface area contributed by atoms with Gasteiger partial charge in [0, 0.05) is 25.0 Å². The van der Waals surface area contributed by atoms with Crippen LogP contribution in [0.5, 0.6) is 0 Å². The number of oxazole rings is 1. The molecule has 0 saturated carbocycles. The number of nitrogens with one attached hydrogen (secondary N) is 2. The van der Waals surface area contributed by atoms with Crippen LogP contribution >= 0.6 is 0 Å². The summed E-state index contributed by atoms with van der Waals surface area (Å²) in [6.45, 7) is 13.3. The summed E-state index contributed by atoms with van der Waals surface area (Å²) in [5, 5.41) is 6.57. The number of aliphatic imine (C=N–C) groups is 1. The Labute approximate surface area is 147 Å². The van der Waals surface area contributed by atoms with Crippen molar-refractivity contribution < 1.29 is 4.42 Å². The minimum atomic E-state index is -0.0195. The van der Waals surface area contributed by atoms with E-state index in [-0.39, 0.29) is 5.41 Å². The summed E-state index contributed by atoms with van der Waals surface area (Å²) in [5.41, 5.74) is -0.0195. The summed E-state index contributed by atoms with van der Waals surface area (Å²) in [4.78, 5) is 10.9. The molecule has 2 N–H and O–H groups in total. The van der Waals surface area contributed by atoms with Gasteiger partial charge in [-0.1, -0.05) is 20.8 Å². The van der Waals surface area contributed by atoms with Crippen LogP contribution in [0.4, 0.5) is 0 Å². The topological polar surface area (TPSA) is 65.7 Å². The Hall–Kier alpha value is -1.56. The second-order valence-corrected chi connectivity index (χ2v) is 7.50. The van der Waals surface area contributed by atoms with E-state index in [9.17, 15) is 0 Å².